The number of hydrogen-bond donors (Lipinski definition) is 1. The zero-order valence-corrected chi connectivity index (χ0v) is 10.1. The molecule has 0 radical (unpaired) electrons. The number of nitrogens with zero attached hydrogens (tertiary/aromatic N) is 1. The highest BCUT2D eigenvalue weighted by molar-refractivity contribution is 5.75. The average Bonchev–Trinajstić information content (AvgIpc) is 2.30. The summed E-state index contributed by atoms with van der Waals surface area (Å²) < 4.78 is 10.3. The van der Waals surface area contributed by atoms with E-state index < -0.39 is 6.04 Å². The van der Waals surface area contributed by atoms with Gasteiger partial charge in [-0.2, -0.15) is 0 Å². The minimum atomic E-state index is -0.549. The SMILES string of the molecule is CCOC(=O)C(N)CN1CCOCC1CC. The van der Waals surface area contributed by atoms with Gasteiger partial charge in [-0.25, -0.2) is 0 Å². The second-order valence-corrected chi connectivity index (χ2v) is 3.99. The van der Waals surface area contributed by atoms with Gasteiger partial charge in [-0.15, -0.1) is 0 Å². The van der Waals surface area contributed by atoms with Gasteiger partial charge in [-0.05, 0) is 13.3 Å². The largest absolute Gasteiger partial charge is 0.465 e. The quantitative estimate of drug-likeness (QED) is 0.673. The van der Waals surface area contributed by atoms with E-state index in [1.54, 1.807) is 6.92 Å². The monoisotopic (exact) mass is 230 g/mol. The summed E-state index contributed by atoms with van der Waals surface area (Å²) in [5, 5.41) is 0. The summed E-state index contributed by atoms with van der Waals surface area (Å²) in [6.45, 7) is 7.12. The van der Waals surface area contributed by atoms with E-state index >= 15 is 0 Å². The van der Waals surface area contributed by atoms with Crippen molar-refractivity contribution in [3.8, 4) is 0 Å². The molecule has 2 unspecified atom stereocenters. The van der Waals surface area contributed by atoms with Crippen molar-refractivity contribution in [2.24, 2.45) is 5.73 Å². The van der Waals surface area contributed by atoms with E-state index in [1.807, 2.05) is 0 Å². The molecule has 1 rings (SSSR count). The predicted octanol–water partition coefficient (Wildman–Crippen LogP) is -0.0124. The molecule has 1 heterocycles. The van der Waals surface area contributed by atoms with Gasteiger partial charge >= 0.3 is 5.97 Å². The summed E-state index contributed by atoms with van der Waals surface area (Å²) in [6, 6.07) is -0.179. The summed E-state index contributed by atoms with van der Waals surface area (Å²) in [5.41, 5.74) is 5.79. The van der Waals surface area contributed by atoms with E-state index in [4.69, 9.17) is 15.2 Å². The maximum Gasteiger partial charge on any atom is 0.324 e. The molecular formula is C11H22N2O3. The van der Waals surface area contributed by atoms with Crippen LogP contribution < -0.4 is 5.73 Å². The lowest BCUT2D eigenvalue weighted by atomic mass is 10.1. The van der Waals surface area contributed by atoms with Crippen LogP contribution in [-0.4, -0.2) is 55.9 Å². The van der Waals surface area contributed by atoms with Gasteiger partial charge in [-0.3, -0.25) is 9.69 Å². The number of rotatable bonds is 5. The van der Waals surface area contributed by atoms with E-state index in [9.17, 15) is 4.79 Å². The Kier molecular flexibility index (Phi) is 5.73. The standard InChI is InChI=1S/C11H22N2O3/c1-3-9-8-15-6-5-13(9)7-10(12)11(14)16-4-2/h9-10H,3-8,12H2,1-2H3. The third-order valence-corrected chi connectivity index (χ3v) is 2.84. The number of carbonyl (C=O) groups is 1. The lowest BCUT2D eigenvalue weighted by Crippen LogP contribution is -2.52. The van der Waals surface area contributed by atoms with Crippen molar-refractivity contribution >= 4 is 5.97 Å². The van der Waals surface area contributed by atoms with Crippen LogP contribution in [0.5, 0.6) is 0 Å². The first-order valence-electron chi connectivity index (χ1n) is 5.93. The number of ether oxygens (including phenoxy) is 2. The molecule has 0 aromatic rings. The molecule has 0 aromatic heterocycles. The Bertz CT molecular complexity index is 223. The van der Waals surface area contributed by atoms with Crippen molar-refractivity contribution in [2.45, 2.75) is 32.4 Å². The molecule has 2 atom stereocenters. The molecule has 1 aliphatic rings. The molecule has 1 saturated heterocycles. The van der Waals surface area contributed by atoms with E-state index in [-0.39, 0.29) is 5.97 Å². The molecule has 1 fully saturated rings. The van der Waals surface area contributed by atoms with Gasteiger partial charge in [0.05, 0.1) is 19.8 Å². The zero-order chi connectivity index (χ0) is 12.0. The Balaban J connectivity index is 2.41. The fourth-order valence-corrected chi connectivity index (χ4v) is 1.88. The van der Waals surface area contributed by atoms with Crippen molar-refractivity contribution in [2.75, 3.05) is 32.9 Å². The highest BCUT2D eigenvalue weighted by Crippen LogP contribution is 2.10. The van der Waals surface area contributed by atoms with Gasteiger partial charge in [0.15, 0.2) is 0 Å². The van der Waals surface area contributed by atoms with Crippen molar-refractivity contribution in [1.29, 1.82) is 0 Å². The molecule has 0 aliphatic carbocycles. The molecule has 5 nitrogen and oxygen atoms in total. The minimum Gasteiger partial charge on any atom is -0.465 e. The van der Waals surface area contributed by atoms with E-state index in [1.165, 1.54) is 0 Å². The molecule has 1 aliphatic heterocycles. The number of carbonyl (C=O) groups excluding carboxylic acids is 1. The number of hydrogen-bond acceptors (Lipinski definition) is 5. The summed E-state index contributed by atoms with van der Waals surface area (Å²) in [7, 11) is 0. The molecule has 0 aromatic carbocycles. The van der Waals surface area contributed by atoms with E-state index in [0.717, 1.165) is 19.6 Å². The molecule has 0 saturated carbocycles. The van der Waals surface area contributed by atoms with Gasteiger partial charge in [0.2, 0.25) is 0 Å². The molecule has 2 N–H and O–H groups in total. The maximum absolute atomic E-state index is 11.4. The van der Waals surface area contributed by atoms with Crippen molar-refractivity contribution in [3.63, 3.8) is 0 Å². The molecule has 0 bridgehead atoms. The first kappa shape index (κ1) is 13.4. The van der Waals surface area contributed by atoms with Crippen LogP contribution in [-0.2, 0) is 14.3 Å². The van der Waals surface area contributed by atoms with Crippen LogP contribution in [0, 0.1) is 0 Å². The Morgan fingerprint density at radius 3 is 3.00 bits per heavy atom. The van der Waals surface area contributed by atoms with Crippen molar-refractivity contribution in [1.82, 2.24) is 4.90 Å². The first-order valence-corrected chi connectivity index (χ1v) is 5.93. The lowest BCUT2D eigenvalue weighted by molar-refractivity contribution is -0.145. The summed E-state index contributed by atoms with van der Waals surface area (Å²) in [6.07, 6.45) is 1.01. The van der Waals surface area contributed by atoms with Gasteiger partial charge in [0.1, 0.15) is 6.04 Å². The van der Waals surface area contributed by atoms with Crippen LogP contribution >= 0.6 is 0 Å². The van der Waals surface area contributed by atoms with Crippen LogP contribution in [0.2, 0.25) is 0 Å². The maximum atomic E-state index is 11.4. The average molecular weight is 230 g/mol. The van der Waals surface area contributed by atoms with Gasteiger partial charge in [0, 0.05) is 19.1 Å². The van der Waals surface area contributed by atoms with E-state index in [2.05, 4.69) is 11.8 Å². The van der Waals surface area contributed by atoms with Gasteiger partial charge in [0.25, 0.3) is 0 Å². The summed E-state index contributed by atoms with van der Waals surface area (Å²) in [4.78, 5) is 13.6. The number of morpholine rings is 1. The fraction of sp³-hybridized carbons (Fsp3) is 0.909. The highest BCUT2D eigenvalue weighted by Gasteiger charge is 2.25. The Labute approximate surface area is 96.9 Å². The Morgan fingerprint density at radius 1 is 1.62 bits per heavy atom. The van der Waals surface area contributed by atoms with E-state index in [0.29, 0.717) is 25.8 Å². The molecule has 5 heteroatoms. The smallest absolute Gasteiger partial charge is 0.324 e. The van der Waals surface area contributed by atoms with Crippen molar-refractivity contribution in [3.05, 3.63) is 0 Å². The second-order valence-electron chi connectivity index (χ2n) is 3.99. The molecular weight excluding hydrogens is 208 g/mol. The molecule has 0 amide bonds. The molecule has 16 heavy (non-hydrogen) atoms. The van der Waals surface area contributed by atoms with Crippen LogP contribution in [0.15, 0.2) is 0 Å². The number of nitrogens with two attached hydrogens (primary N) is 1. The first-order chi connectivity index (χ1) is 7.69. The number of esters is 1. The molecule has 0 spiro atoms. The third-order valence-electron chi connectivity index (χ3n) is 2.84. The highest BCUT2D eigenvalue weighted by atomic mass is 16.5. The van der Waals surface area contributed by atoms with Gasteiger partial charge in [-0.1, -0.05) is 6.92 Å². The Hall–Kier alpha value is -0.650. The van der Waals surface area contributed by atoms with Crippen LogP contribution in [0.1, 0.15) is 20.3 Å². The third kappa shape index (κ3) is 3.73. The summed E-state index contributed by atoms with van der Waals surface area (Å²) >= 11 is 0. The van der Waals surface area contributed by atoms with Crippen LogP contribution in [0.3, 0.4) is 0 Å². The lowest BCUT2D eigenvalue weighted by Gasteiger charge is -2.35. The predicted molar refractivity (Wildman–Crippen MR) is 61.1 cm³/mol. The topological polar surface area (TPSA) is 64.8 Å². The van der Waals surface area contributed by atoms with Gasteiger partial charge < -0.3 is 15.2 Å². The fourth-order valence-electron chi connectivity index (χ4n) is 1.88. The summed E-state index contributed by atoms with van der Waals surface area (Å²) in [5.74, 6) is -0.316. The molecule has 94 valence electrons. The van der Waals surface area contributed by atoms with Crippen LogP contribution in [0.25, 0.3) is 0 Å². The van der Waals surface area contributed by atoms with Crippen molar-refractivity contribution < 1.29 is 14.3 Å². The normalized spacial score (nSPS) is 24.1. The second kappa shape index (κ2) is 6.83. The minimum absolute atomic E-state index is 0.316. The van der Waals surface area contributed by atoms with Crippen LogP contribution in [0.4, 0.5) is 0 Å². The zero-order valence-electron chi connectivity index (χ0n) is 10.1. The Morgan fingerprint density at radius 2 is 2.38 bits per heavy atom.